The lowest BCUT2D eigenvalue weighted by atomic mass is 9.84. The van der Waals surface area contributed by atoms with Crippen molar-refractivity contribution in [1.29, 1.82) is 0 Å². The summed E-state index contributed by atoms with van der Waals surface area (Å²) in [6.07, 6.45) is 0. The molecule has 3 heteroatoms. The van der Waals surface area contributed by atoms with Gasteiger partial charge < -0.3 is 5.32 Å². The van der Waals surface area contributed by atoms with Crippen molar-refractivity contribution in [2.75, 3.05) is 13.1 Å². The number of nitrogens with one attached hydrogen (secondary N) is 1. The Bertz CT molecular complexity index is 374. The van der Waals surface area contributed by atoms with Crippen LogP contribution in [0.4, 0.5) is 4.39 Å². The van der Waals surface area contributed by atoms with E-state index in [4.69, 9.17) is 11.6 Å². The van der Waals surface area contributed by atoms with Crippen molar-refractivity contribution in [1.82, 2.24) is 5.32 Å². The summed E-state index contributed by atoms with van der Waals surface area (Å²) in [6, 6.07) is 5.18. The summed E-state index contributed by atoms with van der Waals surface area (Å²) in [4.78, 5) is 0. The summed E-state index contributed by atoms with van der Waals surface area (Å²) in [7, 11) is 0. The molecule has 0 spiro atoms. The molecule has 0 fully saturated rings. The Morgan fingerprint density at radius 2 is 2.00 bits per heavy atom. The molecule has 0 saturated heterocycles. The van der Waals surface area contributed by atoms with Crippen LogP contribution in [0.15, 0.2) is 18.2 Å². The molecule has 0 saturated carbocycles. The van der Waals surface area contributed by atoms with Crippen molar-refractivity contribution < 1.29 is 4.39 Å². The van der Waals surface area contributed by atoms with E-state index in [-0.39, 0.29) is 16.3 Å². The predicted molar refractivity (Wildman–Crippen MR) is 72.1 cm³/mol. The van der Waals surface area contributed by atoms with Gasteiger partial charge in [0.2, 0.25) is 0 Å². The minimum Gasteiger partial charge on any atom is -0.316 e. The molecule has 0 radical (unpaired) electrons. The molecule has 17 heavy (non-hydrogen) atoms. The highest BCUT2D eigenvalue weighted by Gasteiger charge is 2.24. The van der Waals surface area contributed by atoms with Crippen molar-refractivity contribution in [2.24, 2.45) is 5.92 Å². The van der Waals surface area contributed by atoms with Gasteiger partial charge in [0.25, 0.3) is 0 Å². The topological polar surface area (TPSA) is 12.0 Å². The van der Waals surface area contributed by atoms with Crippen LogP contribution in [0.3, 0.4) is 0 Å². The van der Waals surface area contributed by atoms with Gasteiger partial charge in [0.1, 0.15) is 5.82 Å². The van der Waals surface area contributed by atoms with E-state index in [0.29, 0.717) is 11.5 Å². The van der Waals surface area contributed by atoms with Crippen LogP contribution in [-0.4, -0.2) is 13.1 Å². The molecule has 0 aliphatic rings. The fourth-order valence-corrected chi connectivity index (χ4v) is 1.97. The van der Waals surface area contributed by atoms with Gasteiger partial charge in [0.15, 0.2) is 0 Å². The molecule has 0 unspecified atom stereocenters. The molecule has 0 bridgehead atoms. The number of rotatable bonds is 5. The Balaban J connectivity index is 2.78. The van der Waals surface area contributed by atoms with Gasteiger partial charge in [0, 0.05) is 12.0 Å². The summed E-state index contributed by atoms with van der Waals surface area (Å²) in [5.41, 5.74) is 0.408. The van der Waals surface area contributed by atoms with Gasteiger partial charge >= 0.3 is 0 Å². The van der Waals surface area contributed by atoms with Gasteiger partial charge in [0.05, 0.1) is 5.02 Å². The van der Waals surface area contributed by atoms with Crippen LogP contribution in [0.5, 0.6) is 0 Å². The third kappa shape index (κ3) is 3.97. The van der Waals surface area contributed by atoms with Crippen LogP contribution in [-0.2, 0) is 5.41 Å². The van der Waals surface area contributed by atoms with E-state index in [1.165, 1.54) is 0 Å². The molecule has 0 amide bonds. The normalized spacial score (nSPS) is 12.2. The average Bonchev–Trinajstić information content (AvgIpc) is 2.21. The van der Waals surface area contributed by atoms with Crippen LogP contribution in [0.25, 0.3) is 0 Å². The number of hydrogen-bond donors (Lipinski definition) is 1. The summed E-state index contributed by atoms with van der Waals surface area (Å²) >= 11 is 5.81. The van der Waals surface area contributed by atoms with Gasteiger partial charge in [-0.05, 0) is 24.1 Å². The molecule has 1 rings (SSSR count). The quantitative estimate of drug-likeness (QED) is 0.841. The first-order valence-corrected chi connectivity index (χ1v) is 6.37. The van der Waals surface area contributed by atoms with E-state index in [1.54, 1.807) is 18.2 Å². The summed E-state index contributed by atoms with van der Waals surface area (Å²) in [5, 5.41) is 3.55. The molecule has 1 aromatic rings. The lowest BCUT2D eigenvalue weighted by molar-refractivity contribution is 0.426. The molecule has 0 atom stereocenters. The Morgan fingerprint density at radius 3 is 2.59 bits per heavy atom. The van der Waals surface area contributed by atoms with Crippen LogP contribution < -0.4 is 5.32 Å². The summed E-state index contributed by atoms with van der Waals surface area (Å²) in [5.74, 6) is 0.292. The third-order valence-corrected chi connectivity index (χ3v) is 3.09. The highest BCUT2D eigenvalue weighted by molar-refractivity contribution is 6.30. The Morgan fingerprint density at radius 1 is 1.35 bits per heavy atom. The SMILES string of the molecule is CC(C)CNCC(C)(C)c1cccc(Cl)c1F. The average molecular weight is 258 g/mol. The highest BCUT2D eigenvalue weighted by atomic mass is 35.5. The second-order valence-corrected chi connectivity index (χ2v) is 5.92. The highest BCUT2D eigenvalue weighted by Crippen LogP contribution is 2.28. The lowest BCUT2D eigenvalue weighted by Gasteiger charge is -2.27. The standard InChI is InChI=1S/C14H21ClFN/c1-10(2)8-17-9-14(3,4)11-6-5-7-12(15)13(11)16/h5-7,10,17H,8-9H2,1-4H3. The van der Waals surface area contributed by atoms with Gasteiger partial charge in [-0.1, -0.05) is 51.4 Å². The van der Waals surface area contributed by atoms with E-state index in [1.807, 2.05) is 13.8 Å². The monoisotopic (exact) mass is 257 g/mol. The zero-order chi connectivity index (χ0) is 13.1. The number of halogens is 2. The first-order valence-electron chi connectivity index (χ1n) is 6.00. The zero-order valence-electron chi connectivity index (χ0n) is 11.0. The molecule has 0 heterocycles. The molecular weight excluding hydrogens is 237 g/mol. The summed E-state index contributed by atoms with van der Waals surface area (Å²) in [6.45, 7) is 10.0. The van der Waals surface area contributed by atoms with Crippen LogP contribution in [0.2, 0.25) is 5.02 Å². The van der Waals surface area contributed by atoms with Gasteiger partial charge in [-0.2, -0.15) is 0 Å². The first-order chi connectivity index (χ1) is 7.84. The van der Waals surface area contributed by atoms with E-state index in [2.05, 4.69) is 19.2 Å². The van der Waals surface area contributed by atoms with Crippen LogP contribution >= 0.6 is 11.6 Å². The molecule has 1 N–H and O–H groups in total. The number of benzene rings is 1. The van der Waals surface area contributed by atoms with E-state index < -0.39 is 0 Å². The van der Waals surface area contributed by atoms with Crippen molar-refractivity contribution in [3.63, 3.8) is 0 Å². The van der Waals surface area contributed by atoms with Gasteiger partial charge in [-0.3, -0.25) is 0 Å². The summed E-state index contributed by atoms with van der Waals surface area (Å²) < 4.78 is 13.9. The fourth-order valence-electron chi connectivity index (χ4n) is 1.80. The van der Waals surface area contributed by atoms with Gasteiger partial charge in [-0.15, -0.1) is 0 Å². The Hall–Kier alpha value is -0.600. The minimum atomic E-state index is -0.300. The van der Waals surface area contributed by atoms with Crippen molar-refractivity contribution in [3.05, 3.63) is 34.6 Å². The minimum absolute atomic E-state index is 0.194. The second-order valence-electron chi connectivity index (χ2n) is 5.51. The molecule has 1 nitrogen and oxygen atoms in total. The van der Waals surface area contributed by atoms with Gasteiger partial charge in [-0.25, -0.2) is 4.39 Å². The zero-order valence-corrected chi connectivity index (χ0v) is 11.7. The van der Waals surface area contributed by atoms with Crippen LogP contribution in [0, 0.1) is 11.7 Å². The predicted octanol–water partition coefficient (Wildman–Crippen LogP) is 4.00. The Kier molecular flexibility index (Phi) is 4.96. The van der Waals surface area contributed by atoms with Crippen molar-refractivity contribution >= 4 is 11.6 Å². The molecular formula is C14H21ClFN. The maximum absolute atomic E-state index is 13.9. The van der Waals surface area contributed by atoms with E-state index >= 15 is 0 Å². The lowest BCUT2D eigenvalue weighted by Crippen LogP contribution is -2.35. The largest absolute Gasteiger partial charge is 0.316 e. The van der Waals surface area contributed by atoms with E-state index in [0.717, 1.165) is 13.1 Å². The second kappa shape index (κ2) is 5.83. The van der Waals surface area contributed by atoms with Crippen LogP contribution in [0.1, 0.15) is 33.3 Å². The Labute approximate surface area is 108 Å². The molecule has 0 aliphatic carbocycles. The maximum Gasteiger partial charge on any atom is 0.145 e. The molecule has 0 aromatic heterocycles. The van der Waals surface area contributed by atoms with Crippen molar-refractivity contribution in [3.8, 4) is 0 Å². The molecule has 1 aromatic carbocycles. The first kappa shape index (κ1) is 14.5. The molecule has 96 valence electrons. The van der Waals surface area contributed by atoms with E-state index in [9.17, 15) is 4.39 Å². The number of hydrogen-bond acceptors (Lipinski definition) is 1. The molecule has 0 aliphatic heterocycles. The maximum atomic E-state index is 13.9. The van der Waals surface area contributed by atoms with Crippen molar-refractivity contribution in [2.45, 2.75) is 33.1 Å². The fraction of sp³-hybridized carbons (Fsp3) is 0.571. The smallest absolute Gasteiger partial charge is 0.145 e. The third-order valence-electron chi connectivity index (χ3n) is 2.80.